The Morgan fingerprint density at radius 1 is 1.30 bits per heavy atom. The van der Waals surface area contributed by atoms with Gasteiger partial charge in [-0.1, -0.05) is 25.5 Å². The van der Waals surface area contributed by atoms with Crippen molar-refractivity contribution in [2.24, 2.45) is 0 Å². The average molecular weight is 314 g/mol. The molecule has 1 N–H and O–H groups in total. The maximum Gasteiger partial charge on any atom is 0.515 e. The van der Waals surface area contributed by atoms with Crippen LogP contribution in [0.15, 0.2) is 30.3 Å². The Morgan fingerprint density at radius 2 is 2.13 bits per heavy atom. The number of imidazole rings is 1. The molecule has 3 rings (SSSR count). The molecule has 120 valence electrons. The SMILES string of the molecule is CCCc1cc(OC(=O)OCC)n(-c2nc3ccccc3[nH]2)n1. The molecule has 0 saturated heterocycles. The number of fused-ring (bicyclic) bond motifs is 1. The summed E-state index contributed by atoms with van der Waals surface area (Å²) in [4.78, 5) is 19.3. The lowest BCUT2D eigenvalue weighted by molar-refractivity contribution is 0.101. The molecule has 1 aromatic carbocycles. The Bertz CT molecular complexity index is 789. The number of hydrogen-bond acceptors (Lipinski definition) is 5. The van der Waals surface area contributed by atoms with Gasteiger partial charge < -0.3 is 14.5 Å². The smallest absolute Gasteiger partial charge is 0.434 e. The first-order valence-electron chi connectivity index (χ1n) is 7.60. The molecule has 0 aliphatic rings. The van der Waals surface area contributed by atoms with Crippen LogP contribution in [0.1, 0.15) is 26.0 Å². The Balaban J connectivity index is 1.99. The predicted octanol–water partition coefficient (Wildman–Crippen LogP) is 3.24. The first-order chi connectivity index (χ1) is 11.2. The summed E-state index contributed by atoms with van der Waals surface area (Å²) >= 11 is 0. The van der Waals surface area contributed by atoms with Crippen LogP contribution in [0.4, 0.5) is 4.79 Å². The van der Waals surface area contributed by atoms with Crippen molar-refractivity contribution < 1.29 is 14.3 Å². The van der Waals surface area contributed by atoms with Gasteiger partial charge in [0.2, 0.25) is 11.8 Å². The minimum atomic E-state index is -0.757. The summed E-state index contributed by atoms with van der Waals surface area (Å²) < 4.78 is 11.6. The molecule has 0 fully saturated rings. The van der Waals surface area contributed by atoms with Crippen LogP contribution in [0.25, 0.3) is 17.0 Å². The Hall–Kier alpha value is -2.83. The van der Waals surface area contributed by atoms with E-state index >= 15 is 0 Å². The quantitative estimate of drug-likeness (QED) is 0.731. The largest absolute Gasteiger partial charge is 0.515 e. The van der Waals surface area contributed by atoms with E-state index in [-0.39, 0.29) is 12.5 Å². The average Bonchev–Trinajstić information content (AvgIpc) is 3.11. The van der Waals surface area contributed by atoms with Gasteiger partial charge in [0.25, 0.3) is 0 Å². The van der Waals surface area contributed by atoms with E-state index in [2.05, 4.69) is 22.0 Å². The molecule has 2 aromatic heterocycles. The number of nitrogens with one attached hydrogen (secondary N) is 1. The highest BCUT2D eigenvalue weighted by Crippen LogP contribution is 2.21. The van der Waals surface area contributed by atoms with Gasteiger partial charge in [-0.3, -0.25) is 0 Å². The number of H-pyrrole nitrogens is 1. The molecule has 0 aliphatic carbocycles. The van der Waals surface area contributed by atoms with Gasteiger partial charge in [0.15, 0.2) is 0 Å². The number of benzene rings is 1. The second-order valence-electron chi connectivity index (χ2n) is 5.00. The molecule has 7 heteroatoms. The fourth-order valence-electron chi connectivity index (χ4n) is 2.29. The number of carbonyl (C=O) groups excluding carboxylic acids is 1. The lowest BCUT2D eigenvalue weighted by Crippen LogP contribution is -2.13. The van der Waals surface area contributed by atoms with Crippen LogP contribution >= 0.6 is 0 Å². The zero-order valence-corrected chi connectivity index (χ0v) is 13.1. The second kappa shape index (κ2) is 6.51. The minimum Gasteiger partial charge on any atom is -0.434 e. The first kappa shape index (κ1) is 15.1. The van der Waals surface area contributed by atoms with Crippen LogP contribution in [-0.2, 0) is 11.2 Å². The Kier molecular flexibility index (Phi) is 4.27. The van der Waals surface area contributed by atoms with Crippen LogP contribution in [-0.4, -0.2) is 32.5 Å². The fraction of sp³-hybridized carbons (Fsp3) is 0.312. The van der Waals surface area contributed by atoms with Gasteiger partial charge >= 0.3 is 6.16 Å². The number of para-hydroxylation sites is 2. The summed E-state index contributed by atoms with van der Waals surface area (Å²) in [6, 6.07) is 9.39. The summed E-state index contributed by atoms with van der Waals surface area (Å²) in [6.07, 6.45) is 0.968. The van der Waals surface area contributed by atoms with Crippen LogP contribution in [0.2, 0.25) is 0 Å². The third-order valence-electron chi connectivity index (χ3n) is 3.26. The highest BCUT2D eigenvalue weighted by molar-refractivity contribution is 5.76. The van der Waals surface area contributed by atoms with Crippen molar-refractivity contribution in [2.45, 2.75) is 26.7 Å². The number of aromatic amines is 1. The van der Waals surface area contributed by atoms with E-state index in [1.807, 2.05) is 24.3 Å². The van der Waals surface area contributed by atoms with Crippen molar-refractivity contribution in [3.05, 3.63) is 36.0 Å². The maximum absolute atomic E-state index is 11.6. The molecule has 0 saturated carbocycles. The summed E-state index contributed by atoms with van der Waals surface area (Å²) in [5, 5.41) is 4.47. The molecule has 2 heterocycles. The molecule has 0 spiro atoms. The number of aromatic nitrogens is 4. The molecule has 0 aliphatic heterocycles. The molecule has 0 bridgehead atoms. The van der Waals surface area contributed by atoms with E-state index in [0.29, 0.717) is 5.95 Å². The molecular formula is C16H18N4O3. The topological polar surface area (TPSA) is 82.0 Å². The van der Waals surface area contributed by atoms with Crippen LogP contribution < -0.4 is 4.74 Å². The van der Waals surface area contributed by atoms with E-state index in [0.717, 1.165) is 29.6 Å². The maximum atomic E-state index is 11.6. The molecule has 0 amide bonds. The molecule has 0 radical (unpaired) electrons. The summed E-state index contributed by atoms with van der Waals surface area (Å²) in [6.45, 7) is 4.03. The molecule has 23 heavy (non-hydrogen) atoms. The van der Waals surface area contributed by atoms with Gasteiger partial charge in [-0.2, -0.15) is 9.78 Å². The van der Waals surface area contributed by atoms with Gasteiger partial charge in [-0.15, -0.1) is 0 Å². The first-order valence-corrected chi connectivity index (χ1v) is 7.60. The van der Waals surface area contributed by atoms with Gasteiger partial charge in [0.05, 0.1) is 23.3 Å². The fourth-order valence-corrected chi connectivity index (χ4v) is 2.29. The van der Waals surface area contributed by atoms with E-state index in [9.17, 15) is 4.79 Å². The van der Waals surface area contributed by atoms with Crippen molar-refractivity contribution in [1.29, 1.82) is 0 Å². The number of carbonyl (C=O) groups is 1. The normalized spacial score (nSPS) is 10.9. The van der Waals surface area contributed by atoms with Crippen molar-refractivity contribution in [3.8, 4) is 11.8 Å². The van der Waals surface area contributed by atoms with Gasteiger partial charge in [-0.25, -0.2) is 9.78 Å². The molecular weight excluding hydrogens is 296 g/mol. The number of rotatable bonds is 5. The molecule has 3 aromatic rings. The van der Waals surface area contributed by atoms with E-state index in [1.165, 1.54) is 4.68 Å². The summed E-state index contributed by atoms with van der Waals surface area (Å²) in [5.74, 6) is 0.777. The zero-order valence-electron chi connectivity index (χ0n) is 13.1. The highest BCUT2D eigenvalue weighted by atomic mass is 16.7. The van der Waals surface area contributed by atoms with Crippen molar-refractivity contribution in [1.82, 2.24) is 19.7 Å². The van der Waals surface area contributed by atoms with E-state index < -0.39 is 6.16 Å². The highest BCUT2D eigenvalue weighted by Gasteiger charge is 2.17. The predicted molar refractivity (Wildman–Crippen MR) is 84.9 cm³/mol. The second-order valence-corrected chi connectivity index (χ2v) is 5.00. The number of nitrogens with zero attached hydrogens (tertiary/aromatic N) is 3. The molecule has 0 atom stereocenters. The lowest BCUT2D eigenvalue weighted by Gasteiger charge is -2.04. The standard InChI is InChI=1S/C16H18N4O3/c1-3-7-11-10-14(23-16(21)22-4-2)20(19-11)15-17-12-8-5-6-9-13(12)18-15/h5-6,8-10H,3-4,7H2,1-2H3,(H,17,18). The van der Waals surface area contributed by atoms with Crippen LogP contribution in [0.5, 0.6) is 5.88 Å². The number of hydrogen-bond donors (Lipinski definition) is 1. The Morgan fingerprint density at radius 3 is 2.87 bits per heavy atom. The lowest BCUT2D eigenvalue weighted by atomic mass is 10.3. The number of ether oxygens (including phenoxy) is 2. The molecule has 7 nitrogen and oxygen atoms in total. The third kappa shape index (κ3) is 3.18. The van der Waals surface area contributed by atoms with Gasteiger partial charge in [0.1, 0.15) is 0 Å². The monoisotopic (exact) mass is 314 g/mol. The molecule has 0 unspecified atom stereocenters. The van der Waals surface area contributed by atoms with Gasteiger partial charge in [0, 0.05) is 6.07 Å². The third-order valence-corrected chi connectivity index (χ3v) is 3.26. The zero-order chi connectivity index (χ0) is 16.2. The van der Waals surface area contributed by atoms with Gasteiger partial charge in [-0.05, 0) is 25.5 Å². The van der Waals surface area contributed by atoms with Crippen molar-refractivity contribution in [2.75, 3.05) is 6.61 Å². The summed E-state index contributed by atoms with van der Waals surface area (Å²) in [7, 11) is 0. The Labute approximate surface area is 133 Å². The van der Waals surface area contributed by atoms with Crippen LogP contribution in [0.3, 0.4) is 0 Å². The minimum absolute atomic E-state index is 0.249. The summed E-state index contributed by atoms with van der Waals surface area (Å²) in [5.41, 5.74) is 2.53. The van der Waals surface area contributed by atoms with E-state index in [1.54, 1.807) is 13.0 Å². The van der Waals surface area contributed by atoms with E-state index in [4.69, 9.17) is 9.47 Å². The number of aryl methyl sites for hydroxylation is 1. The van der Waals surface area contributed by atoms with Crippen LogP contribution in [0, 0.1) is 0 Å². The van der Waals surface area contributed by atoms with Crippen molar-refractivity contribution >= 4 is 17.2 Å². The van der Waals surface area contributed by atoms with Crippen molar-refractivity contribution in [3.63, 3.8) is 0 Å².